The number of para-hydroxylation sites is 1. The van der Waals surface area contributed by atoms with E-state index in [1.54, 1.807) is 62.0 Å². The second kappa shape index (κ2) is 8.05. The average Bonchev–Trinajstić information content (AvgIpc) is 2.61. The number of anilines is 1. The lowest BCUT2D eigenvalue weighted by Gasteiger charge is -2.30. The normalized spacial score (nSPS) is 11.6. The molecule has 1 aromatic heterocycles. The number of pyridine rings is 1. The Morgan fingerprint density at radius 3 is 2.48 bits per heavy atom. The molecule has 23 heavy (non-hydrogen) atoms. The number of methoxy groups -OCH3 is 1. The van der Waals surface area contributed by atoms with Crippen molar-refractivity contribution in [1.82, 2.24) is 9.88 Å². The number of benzene rings is 1. The number of carbonyl (C=O) groups excluding carboxylic acids is 2. The van der Waals surface area contributed by atoms with Crippen molar-refractivity contribution < 1.29 is 14.3 Å². The number of rotatable bonds is 6. The second-order valence-corrected chi connectivity index (χ2v) is 4.83. The first-order valence-electron chi connectivity index (χ1n) is 7.13. The summed E-state index contributed by atoms with van der Waals surface area (Å²) in [5.41, 5.74) is 1.14. The molecule has 6 heteroatoms. The molecule has 0 fully saturated rings. The van der Waals surface area contributed by atoms with Gasteiger partial charge in [-0.3, -0.25) is 14.7 Å². The Bertz CT molecular complexity index is 634. The topological polar surface area (TPSA) is 62.7 Å². The zero-order valence-electron chi connectivity index (χ0n) is 13.0. The van der Waals surface area contributed by atoms with Crippen LogP contribution in [-0.2, 0) is 16.1 Å². The van der Waals surface area contributed by atoms with Gasteiger partial charge in [-0.25, -0.2) is 9.69 Å². The van der Waals surface area contributed by atoms with Crippen molar-refractivity contribution in [3.05, 3.63) is 60.4 Å². The third-order valence-electron chi connectivity index (χ3n) is 3.38. The maximum Gasteiger partial charge on any atom is 0.334 e. The van der Waals surface area contributed by atoms with Crippen LogP contribution in [0.4, 0.5) is 10.5 Å². The van der Waals surface area contributed by atoms with Gasteiger partial charge in [0.2, 0.25) is 0 Å². The minimum absolute atomic E-state index is 0.222. The van der Waals surface area contributed by atoms with Crippen molar-refractivity contribution in [2.75, 3.05) is 12.0 Å². The first-order chi connectivity index (χ1) is 11.2. The zero-order valence-corrected chi connectivity index (χ0v) is 13.0. The SMILES string of the molecule is COC(C)N(Cc1ccccn1)C(=O)N([C]=O)c1ccccc1. The summed E-state index contributed by atoms with van der Waals surface area (Å²) < 4.78 is 5.26. The lowest BCUT2D eigenvalue weighted by Crippen LogP contribution is -2.47. The summed E-state index contributed by atoms with van der Waals surface area (Å²) in [6.07, 6.45) is 2.80. The van der Waals surface area contributed by atoms with Crippen molar-refractivity contribution >= 4 is 18.1 Å². The van der Waals surface area contributed by atoms with Crippen LogP contribution in [0.3, 0.4) is 0 Å². The number of nitrogens with zero attached hydrogens (tertiary/aromatic N) is 3. The largest absolute Gasteiger partial charge is 0.362 e. The highest BCUT2D eigenvalue weighted by atomic mass is 16.5. The van der Waals surface area contributed by atoms with Crippen LogP contribution in [0.5, 0.6) is 0 Å². The molecule has 0 aliphatic heterocycles. The van der Waals surface area contributed by atoms with Crippen LogP contribution in [0.2, 0.25) is 0 Å². The molecule has 0 saturated heterocycles. The minimum Gasteiger partial charge on any atom is -0.362 e. The van der Waals surface area contributed by atoms with Crippen LogP contribution >= 0.6 is 0 Å². The van der Waals surface area contributed by atoms with Crippen LogP contribution in [0.1, 0.15) is 12.6 Å². The molecule has 119 valence electrons. The van der Waals surface area contributed by atoms with Gasteiger partial charge in [-0.2, -0.15) is 0 Å². The maximum atomic E-state index is 12.8. The number of imide groups is 1. The van der Waals surface area contributed by atoms with E-state index in [1.165, 1.54) is 12.0 Å². The molecule has 1 aromatic carbocycles. The molecule has 3 amide bonds. The number of aromatic nitrogens is 1. The molecule has 1 unspecified atom stereocenters. The molecular weight excluding hydrogens is 294 g/mol. The van der Waals surface area contributed by atoms with Gasteiger partial charge >= 0.3 is 12.4 Å². The van der Waals surface area contributed by atoms with E-state index >= 15 is 0 Å². The van der Waals surface area contributed by atoms with Crippen LogP contribution in [0, 0.1) is 0 Å². The van der Waals surface area contributed by atoms with Crippen LogP contribution in [0.15, 0.2) is 54.7 Å². The fourth-order valence-corrected chi connectivity index (χ4v) is 2.05. The van der Waals surface area contributed by atoms with Crippen molar-refractivity contribution in [1.29, 1.82) is 0 Å². The predicted molar refractivity (Wildman–Crippen MR) is 86.3 cm³/mol. The second-order valence-electron chi connectivity index (χ2n) is 4.83. The molecule has 0 spiro atoms. The standard InChI is InChI=1S/C17H18N3O3/c1-14(23-2)19(12-15-8-6-7-11-18-15)17(22)20(13-21)16-9-4-3-5-10-16/h3-11,14H,12H2,1-2H3. The van der Waals surface area contributed by atoms with Crippen LogP contribution in [-0.4, -0.2) is 35.7 Å². The first kappa shape index (κ1) is 16.6. The molecular formula is C17H18N3O3. The van der Waals surface area contributed by atoms with E-state index in [0.717, 1.165) is 4.90 Å². The highest BCUT2D eigenvalue weighted by Crippen LogP contribution is 2.17. The van der Waals surface area contributed by atoms with Crippen molar-refractivity contribution in [3.8, 4) is 0 Å². The average molecular weight is 312 g/mol. The maximum absolute atomic E-state index is 12.8. The third kappa shape index (κ3) is 4.14. The van der Waals surface area contributed by atoms with Crippen LogP contribution < -0.4 is 4.90 Å². The zero-order chi connectivity index (χ0) is 16.7. The fraction of sp³-hybridized carbons (Fsp3) is 0.235. The van der Waals surface area contributed by atoms with Gasteiger partial charge in [0.1, 0.15) is 6.23 Å². The molecule has 0 bridgehead atoms. The van der Waals surface area contributed by atoms with Gasteiger partial charge in [-0.05, 0) is 31.2 Å². The van der Waals surface area contributed by atoms with Gasteiger partial charge in [0.15, 0.2) is 0 Å². The van der Waals surface area contributed by atoms with Gasteiger partial charge in [-0.15, -0.1) is 0 Å². The van der Waals surface area contributed by atoms with E-state index in [2.05, 4.69) is 4.98 Å². The summed E-state index contributed by atoms with van der Waals surface area (Å²) in [6, 6.07) is 13.5. The predicted octanol–water partition coefficient (Wildman–Crippen LogP) is 2.57. The lowest BCUT2D eigenvalue weighted by atomic mass is 10.3. The Balaban J connectivity index is 2.27. The Kier molecular flexibility index (Phi) is 5.82. The van der Waals surface area contributed by atoms with E-state index in [1.807, 2.05) is 6.07 Å². The summed E-state index contributed by atoms with van der Waals surface area (Å²) >= 11 is 0. The molecule has 2 rings (SSSR count). The Labute approximate surface area is 135 Å². The molecule has 0 aliphatic carbocycles. The van der Waals surface area contributed by atoms with Crippen molar-refractivity contribution in [2.24, 2.45) is 0 Å². The molecule has 1 heterocycles. The van der Waals surface area contributed by atoms with Gasteiger partial charge < -0.3 is 4.74 Å². The number of carbonyl (C=O) groups is 1. The fourth-order valence-electron chi connectivity index (χ4n) is 2.05. The Morgan fingerprint density at radius 1 is 1.22 bits per heavy atom. The van der Waals surface area contributed by atoms with E-state index in [9.17, 15) is 9.59 Å². The smallest absolute Gasteiger partial charge is 0.334 e. The van der Waals surface area contributed by atoms with Crippen LogP contribution in [0.25, 0.3) is 0 Å². The quantitative estimate of drug-likeness (QED) is 0.607. The third-order valence-corrected chi connectivity index (χ3v) is 3.38. The van der Waals surface area contributed by atoms with E-state index in [-0.39, 0.29) is 6.54 Å². The summed E-state index contributed by atoms with van der Waals surface area (Å²) in [5.74, 6) is 0. The number of ether oxygens (including phenoxy) is 1. The van der Waals surface area contributed by atoms with Crippen molar-refractivity contribution in [3.63, 3.8) is 0 Å². The molecule has 0 N–H and O–H groups in total. The molecule has 6 nitrogen and oxygen atoms in total. The Morgan fingerprint density at radius 2 is 1.91 bits per heavy atom. The molecule has 2 aromatic rings. The summed E-state index contributed by atoms with van der Waals surface area (Å²) in [4.78, 5) is 30.6. The van der Waals surface area contributed by atoms with Gasteiger partial charge in [0.25, 0.3) is 0 Å². The highest BCUT2D eigenvalue weighted by molar-refractivity contribution is 6.06. The van der Waals surface area contributed by atoms with E-state index < -0.39 is 12.3 Å². The van der Waals surface area contributed by atoms with Crippen molar-refractivity contribution in [2.45, 2.75) is 19.7 Å². The molecule has 1 atom stereocenters. The van der Waals surface area contributed by atoms with Gasteiger partial charge in [-0.1, -0.05) is 24.3 Å². The minimum atomic E-state index is -0.524. The molecule has 1 radical (unpaired) electrons. The number of hydrogen-bond acceptors (Lipinski definition) is 4. The van der Waals surface area contributed by atoms with Gasteiger partial charge in [0, 0.05) is 13.3 Å². The first-order valence-corrected chi connectivity index (χ1v) is 7.13. The number of amides is 3. The van der Waals surface area contributed by atoms with E-state index in [4.69, 9.17) is 4.74 Å². The summed E-state index contributed by atoms with van der Waals surface area (Å²) in [6.45, 7) is 1.95. The molecule has 0 aliphatic rings. The number of hydrogen-bond donors (Lipinski definition) is 0. The lowest BCUT2D eigenvalue weighted by molar-refractivity contribution is 0.00345. The summed E-state index contributed by atoms with van der Waals surface area (Å²) in [5, 5.41) is 0. The Hall–Kier alpha value is -2.73. The van der Waals surface area contributed by atoms with E-state index in [0.29, 0.717) is 11.4 Å². The monoisotopic (exact) mass is 312 g/mol. The highest BCUT2D eigenvalue weighted by Gasteiger charge is 2.27. The number of urea groups is 1. The summed E-state index contributed by atoms with van der Waals surface area (Å²) in [7, 11) is 1.50. The molecule has 0 saturated carbocycles. The van der Waals surface area contributed by atoms with Gasteiger partial charge in [0.05, 0.1) is 17.9 Å².